The van der Waals surface area contributed by atoms with Crippen molar-refractivity contribution in [2.24, 2.45) is 0 Å². The molecule has 1 atom stereocenters. The number of aromatic nitrogens is 4. The lowest BCUT2D eigenvalue weighted by Gasteiger charge is -2.33. The summed E-state index contributed by atoms with van der Waals surface area (Å²) in [7, 11) is 0. The van der Waals surface area contributed by atoms with E-state index in [-0.39, 0.29) is 17.6 Å². The number of nitrogens with zero attached hydrogens (tertiary/aromatic N) is 5. The maximum Gasteiger partial charge on any atom is 0.250 e. The predicted octanol–water partition coefficient (Wildman–Crippen LogP) is 4.00. The van der Waals surface area contributed by atoms with E-state index >= 15 is 0 Å². The van der Waals surface area contributed by atoms with E-state index in [1.54, 1.807) is 35.3 Å². The first-order valence-corrected chi connectivity index (χ1v) is 11.3. The molecule has 34 heavy (non-hydrogen) atoms. The Hall–Kier alpha value is -4.07. The summed E-state index contributed by atoms with van der Waals surface area (Å²) in [5, 5.41) is 4.75. The molecule has 1 saturated heterocycles. The lowest BCUT2D eigenvalue weighted by atomic mass is 9.93. The third-order valence-electron chi connectivity index (χ3n) is 6.12. The smallest absolute Gasteiger partial charge is 0.250 e. The van der Waals surface area contributed by atoms with Gasteiger partial charge < -0.3 is 10.6 Å². The van der Waals surface area contributed by atoms with Gasteiger partial charge in [0.2, 0.25) is 5.91 Å². The van der Waals surface area contributed by atoms with Crippen LogP contribution in [0.4, 0.5) is 10.1 Å². The average molecular weight is 457 g/mol. The molecule has 4 aromatic rings. The van der Waals surface area contributed by atoms with Crippen molar-refractivity contribution in [2.75, 3.05) is 18.8 Å². The summed E-state index contributed by atoms with van der Waals surface area (Å²) >= 11 is 0. The van der Waals surface area contributed by atoms with Crippen LogP contribution in [0.3, 0.4) is 0 Å². The van der Waals surface area contributed by atoms with Gasteiger partial charge in [-0.3, -0.25) is 4.79 Å². The van der Waals surface area contributed by atoms with Crippen LogP contribution in [-0.2, 0) is 11.2 Å². The molecule has 1 aliphatic heterocycles. The van der Waals surface area contributed by atoms with E-state index in [0.29, 0.717) is 30.3 Å². The van der Waals surface area contributed by atoms with Gasteiger partial charge in [0, 0.05) is 42.7 Å². The van der Waals surface area contributed by atoms with Crippen molar-refractivity contribution in [3.63, 3.8) is 0 Å². The Kier molecular flexibility index (Phi) is 6.03. The largest absolute Gasteiger partial charge is 0.399 e. The van der Waals surface area contributed by atoms with Crippen molar-refractivity contribution < 1.29 is 9.18 Å². The van der Waals surface area contributed by atoms with Crippen LogP contribution in [0.5, 0.6) is 0 Å². The van der Waals surface area contributed by atoms with Gasteiger partial charge in [-0.05, 0) is 66.9 Å². The fourth-order valence-electron chi connectivity index (χ4n) is 4.44. The Morgan fingerprint density at radius 1 is 1.06 bits per heavy atom. The number of amides is 1. The van der Waals surface area contributed by atoms with Crippen LogP contribution in [-0.4, -0.2) is 43.6 Å². The highest BCUT2D eigenvalue weighted by Crippen LogP contribution is 2.31. The summed E-state index contributed by atoms with van der Waals surface area (Å²) in [4.78, 5) is 23.7. The van der Waals surface area contributed by atoms with E-state index in [1.807, 2.05) is 35.2 Å². The molecule has 0 saturated carbocycles. The van der Waals surface area contributed by atoms with Gasteiger partial charge in [0.05, 0.1) is 17.8 Å². The number of hydrogen-bond donors (Lipinski definition) is 1. The van der Waals surface area contributed by atoms with Crippen molar-refractivity contribution in [3.05, 3.63) is 90.1 Å². The summed E-state index contributed by atoms with van der Waals surface area (Å²) < 4.78 is 15.2. The second-order valence-corrected chi connectivity index (χ2v) is 8.52. The fraction of sp³-hybridized carbons (Fsp3) is 0.231. The first kappa shape index (κ1) is 21.8. The Morgan fingerprint density at radius 3 is 2.62 bits per heavy atom. The highest BCUT2D eigenvalue weighted by atomic mass is 19.1. The number of nitrogens with two attached hydrogens (primary N) is 1. The summed E-state index contributed by atoms with van der Waals surface area (Å²) in [6.45, 7) is 1.31. The average Bonchev–Trinajstić information content (AvgIpc) is 3.31. The molecular weight excluding hydrogens is 431 g/mol. The molecule has 2 N–H and O–H groups in total. The van der Waals surface area contributed by atoms with Crippen LogP contribution in [0.15, 0.2) is 73.1 Å². The Balaban J connectivity index is 1.43. The van der Waals surface area contributed by atoms with Crippen LogP contribution >= 0.6 is 0 Å². The number of rotatable bonds is 5. The van der Waals surface area contributed by atoms with E-state index in [9.17, 15) is 9.18 Å². The Labute approximate surface area is 197 Å². The molecule has 1 fully saturated rings. The van der Waals surface area contributed by atoms with E-state index in [2.05, 4.69) is 9.97 Å². The van der Waals surface area contributed by atoms with Gasteiger partial charge in [-0.15, -0.1) is 0 Å². The minimum Gasteiger partial charge on any atom is -0.399 e. The molecule has 3 heterocycles. The number of likely N-dealkylation sites (tertiary alicyclic amines) is 1. The maximum atomic E-state index is 13.4. The summed E-state index contributed by atoms with van der Waals surface area (Å²) in [6.07, 6.45) is 5.48. The molecule has 2 aromatic carbocycles. The lowest BCUT2D eigenvalue weighted by molar-refractivity contribution is -0.131. The number of benzene rings is 2. The van der Waals surface area contributed by atoms with E-state index < -0.39 is 0 Å². The molecule has 1 unspecified atom stereocenters. The third kappa shape index (κ3) is 4.66. The first-order valence-electron chi connectivity index (χ1n) is 11.3. The molecule has 0 radical (unpaired) electrons. The van der Waals surface area contributed by atoms with Crippen LogP contribution in [0.25, 0.3) is 17.2 Å². The van der Waals surface area contributed by atoms with Crippen molar-refractivity contribution in [2.45, 2.75) is 25.2 Å². The molecule has 0 spiro atoms. The fourth-order valence-corrected chi connectivity index (χ4v) is 4.44. The first-order chi connectivity index (χ1) is 16.6. The zero-order valence-electron chi connectivity index (χ0n) is 18.6. The molecule has 5 rings (SSSR count). The minimum absolute atomic E-state index is 0.0732. The van der Waals surface area contributed by atoms with Crippen LogP contribution < -0.4 is 5.73 Å². The minimum atomic E-state index is -0.295. The van der Waals surface area contributed by atoms with Crippen molar-refractivity contribution in [1.29, 1.82) is 0 Å². The molecular formula is C26H25FN6O. The zero-order chi connectivity index (χ0) is 23.5. The second-order valence-electron chi connectivity index (χ2n) is 8.52. The molecule has 2 aromatic heterocycles. The number of halogens is 1. The van der Waals surface area contributed by atoms with Gasteiger partial charge in [-0.2, -0.15) is 5.10 Å². The molecule has 172 valence electrons. The number of carbonyl (C=O) groups excluding carboxylic acids is 1. The van der Waals surface area contributed by atoms with Crippen molar-refractivity contribution in [3.8, 4) is 17.2 Å². The molecule has 7 nitrogen and oxygen atoms in total. The number of nitrogen functional groups attached to an aromatic ring is 1. The number of hydrogen-bond acceptors (Lipinski definition) is 5. The molecule has 0 bridgehead atoms. The van der Waals surface area contributed by atoms with Gasteiger partial charge >= 0.3 is 0 Å². The Bertz CT molecular complexity index is 1290. The topological polar surface area (TPSA) is 89.9 Å². The van der Waals surface area contributed by atoms with Gasteiger partial charge in [-0.1, -0.05) is 12.1 Å². The molecule has 1 aliphatic rings. The van der Waals surface area contributed by atoms with Crippen LogP contribution in [0.2, 0.25) is 0 Å². The quantitative estimate of drug-likeness (QED) is 0.459. The summed E-state index contributed by atoms with van der Waals surface area (Å²) in [5.74, 6) is 0.325. The third-order valence-corrected chi connectivity index (χ3v) is 6.12. The number of carbonyl (C=O) groups is 1. The van der Waals surface area contributed by atoms with E-state index in [1.165, 1.54) is 12.1 Å². The molecule has 1 amide bonds. The molecule has 8 heteroatoms. The van der Waals surface area contributed by atoms with Crippen LogP contribution in [0, 0.1) is 5.82 Å². The van der Waals surface area contributed by atoms with Crippen LogP contribution in [0.1, 0.15) is 30.0 Å². The zero-order valence-corrected chi connectivity index (χ0v) is 18.6. The summed E-state index contributed by atoms with van der Waals surface area (Å²) in [5.41, 5.74) is 9.90. The van der Waals surface area contributed by atoms with E-state index in [0.717, 1.165) is 36.2 Å². The van der Waals surface area contributed by atoms with Gasteiger partial charge in [0.1, 0.15) is 5.82 Å². The molecule has 0 aliphatic carbocycles. The predicted molar refractivity (Wildman–Crippen MR) is 128 cm³/mol. The highest BCUT2D eigenvalue weighted by Gasteiger charge is 2.29. The van der Waals surface area contributed by atoms with Gasteiger partial charge in [-0.25, -0.2) is 19.0 Å². The van der Waals surface area contributed by atoms with Crippen molar-refractivity contribution in [1.82, 2.24) is 24.6 Å². The standard InChI is InChI=1S/C26H25FN6O/c27-21-9-7-19(8-10-21)23-16-24(33(31-23)26-29-11-3-12-30-26)20-5-2-13-32(17-20)25(34)15-18-4-1-6-22(28)14-18/h1,3-4,6-12,14,16,20H,2,5,13,15,17,28H2. The SMILES string of the molecule is Nc1cccc(CC(=O)N2CCCC(c3cc(-c4ccc(F)cc4)nn3-c3ncccn3)C2)c1. The monoisotopic (exact) mass is 456 g/mol. The maximum absolute atomic E-state index is 13.4. The number of anilines is 1. The van der Waals surface area contributed by atoms with Gasteiger partial charge in [0.15, 0.2) is 0 Å². The summed E-state index contributed by atoms with van der Waals surface area (Å²) in [6, 6.07) is 17.5. The number of piperidine rings is 1. The van der Waals surface area contributed by atoms with Crippen molar-refractivity contribution >= 4 is 11.6 Å². The second kappa shape index (κ2) is 9.43. The highest BCUT2D eigenvalue weighted by molar-refractivity contribution is 5.79. The Morgan fingerprint density at radius 2 is 1.85 bits per heavy atom. The lowest BCUT2D eigenvalue weighted by Crippen LogP contribution is -2.40. The normalized spacial score (nSPS) is 15.9. The van der Waals surface area contributed by atoms with Gasteiger partial charge in [0.25, 0.3) is 5.95 Å². The van der Waals surface area contributed by atoms with E-state index in [4.69, 9.17) is 10.8 Å².